The Morgan fingerprint density at radius 1 is 0.721 bits per heavy atom. The van der Waals surface area contributed by atoms with Gasteiger partial charge in [0, 0.05) is 54.1 Å². The summed E-state index contributed by atoms with van der Waals surface area (Å²) in [4.78, 5) is 48.8. The number of benzene rings is 3. The SMILES string of the molecule is COc1cc2c(cc1OCc1cc(COc3cc4c(cc3C)C(=O)N3C=C(C)C[C@H]3[C@H](O[Si](C)(C)C(C)(C)C)N4BC=O)cc(-c3cn(CCOCCOCCOCCOCCOCCOCCN)nn3)c1)N(B(C)O)[C@@H](C)[C@@H]1CC(C)=CN1C2=O. The summed E-state index contributed by atoms with van der Waals surface area (Å²) in [6.45, 7) is 27.2. The molecule has 0 fully saturated rings. The molecule has 0 saturated heterocycles. The van der Waals surface area contributed by atoms with Gasteiger partial charge in [0.2, 0.25) is 0 Å². The van der Waals surface area contributed by atoms with Crippen LogP contribution in [0.1, 0.15) is 91.8 Å². The summed E-state index contributed by atoms with van der Waals surface area (Å²) in [5.74, 6) is 0.945. The van der Waals surface area contributed by atoms with E-state index in [-0.39, 0.29) is 55.6 Å². The molecule has 4 aromatic rings. The van der Waals surface area contributed by atoms with Crippen LogP contribution in [-0.4, -0.2) is 188 Å². The number of aryl methyl sites for hydroxylation is 1. The number of ether oxygens (including phenoxy) is 9. The van der Waals surface area contributed by atoms with Crippen LogP contribution in [0.5, 0.6) is 17.2 Å². The maximum absolute atomic E-state index is 14.6. The predicted molar refractivity (Wildman–Crippen MR) is 333 cm³/mol. The molecule has 1 aromatic heterocycles. The standard InChI is InChI=1S/C61H88B2N8O14Si/c1-41-26-51-44(4)71(63(8)75)53-34-57(56(76-9)32-49(53)59(74)68(51)35-41)84-39-46-29-45(30-47(31-46)50-37-67(66-65-50)13-15-78-17-19-80-21-23-82-25-24-81-22-20-79-18-16-77-14-12-64)38-83-55-33-52-48(28-43(55)3)58(73)69-36-42(2)27-54(69)60(70(52)62-40-72)85-86(10,11)61(5,6)7/h28-37,40,44,51,54,60,62,75H,12-27,38-39,64H2,1-11H3/t44-,51-,54-,60-/m0/s1. The highest BCUT2D eigenvalue weighted by Gasteiger charge is 2.49. The number of amides is 2. The first-order valence-electron chi connectivity index (χ1n) is 29.9. The van der Waals surface area contributed by atoms with E-state index in [4.69, 9.17) is 52.8 Å². The number of anilines is 2. The summed E-state index contributed by atoms with van der Waals surface area (Å²) in [6, 6.07) is 12.4. The zero-order valence-electron chi connectivity index (χ0n) is 52.1. The zero-order chi connectivity index (χ0) is 61.7. The monoisotopic (exact) mass is 1210 g/mol. The fraction of sp³-hybridized carbons (Fsp3) is 0.557. The Balaban J connectivity index is 0.982. The second-order valence-corrected chi connectivity index (χ2v) is 28.6. The van der Waals surface area contributed by atoms with E-state index in [0.29, 0.717) is 151 Å². The van der Waals surface area contributed by atoms with E-state index in [1.165, 1.54) is 7.11 Å². The smallest absolute Gasteiger partial charge is 0.409 e. The fourth-order valence-electron chi connectivity index (χ4n) is 11.0. The number of fused-ring (bicyclic) bond motifs is 4. The molecule has 3 N–H and O–H groups in total. The number of aromatic nitrogens is 3. The minimum absolute atomic E-state index is 0.00917. The van der Waals surface area contributed by atoms with E-state index in [9.17, 15) is 19.4 Å². The maximum atomic E-state index is 14.6. The molecule has 25 heteroatoms. The highest BCUT2D eigenvalue weighted by molar-refractivity contribution is 6.74. The quantitative estimate of drug-likeness (QED) is 0.0285. The Labute approximate surface area is 508 Å². The van der Waals surface area contributed by atoms with Crippen LogP contribution in [0.25, 0.3) is 11.3 Å². The number of hydrogen-bond acceptors (Lipinski definition) is 19. The molecule has 8 rings (SSSR count). The first-order valence-corrected chi connectivity index (χ1v) is 32.8. The third-order valence-corrected chi connectivity index (χ3v) is 20.8. The van der Waals surface area contributed by atoms with Gasteiger partial charge in [-0.2, -0.15) is 0 Å². The molecule has 466 valence electrons. The minimum Gasteiger partial charge on any atom is -0.493 e. The molecule has 86 heavy (non-hydrogen) atoms. The number of hydrogen-bond donors (Lipinski definition) is 2. The van der Waals surface area contributed by atoms with Crippen molar-refractivity contribution in [1.29, 1.82) is 0 Å². The van der Waals surface area contributed by atoms with E-state index >= 15 is 0 Å². The third kappa shape index (κ3) is 16.1. The van der Waals surface area contributed by atoms with Gasteiger partial charge in [0.25, 0.3) is 11.8 Å². The van der Waals surface area contributed by atoms with Crippen LogP contribution >= 0.6 is 0 Å². The first kappa shape index (κ1) is 65.8. The summed E-state index contributed by atoms with van der Waals surface area (Å²) in [6.07, 6.45) is 7.26. The summed E-state index contributed by atoms with van der Waals surface area (Å²) in [5, 5.41) is 20.1. The number of nitrogens with two attached hydrogens (primary N) is 1. The van der Waals surface area contributed by atoms with Crippen molar-refractivity contribution in [1.82, 2.24) is 24.8 Å². The lowest BCUT2D eigenvalue weighted by Crippen LogP contribution is -2.57. The number of rotatable bonds is 33. The molecule has 0 aliphatic carbocycles. The molecule has 0 unspecified atom stereocenters. The molecule has 5 heterocycles. The summed E-state index contributed by atoms with van der Waals surface area (Å²) >= 11 is 0. The molecule has 3 aromatic carbocycles. The van der Waals surface area contributed by atoms with E-state index in [1.807, 2.05) is 86.2 Å². The summed E-state index contributed by atoms with van der Waals surface area (Å²) in [5.41, 5.74) is 13.2. The van der Waals surface area contributed by atoms with Crippen LogP contribution in [0, 0.1) is 6.92 Å². The molecule has 22 nitrogen and oxygen atoms in total. The Kier molecular flexibility index (Phi) is 23.1. The van der Waals surface area contributed by atoms with Gasteiger partial charge in [-0.15, -0.1) is 5.10 Å². The van der Waals surface area contributed by atoms with E-state index < -0.39 is 21.6 Å². The highest BCUT2D eigenvalue weighted by atomic mass is 28.4. The van der Waals surface area contributed by atoms with Crippen molar-refractivity contribution >= 4 is 52.2 Å². The molecule has 0 spiro atoms. The molecule has 0 radical (unpaired) electrons. The van der Waals surface area contributed by atoms with Crippen LogP contribution in [0.2, 0.25) is 25.0 Å². The molecule has 0 saturated carbocycles. The highest BCUT2D eigenvalue weighted by Crippen LogP contribution is 2.45. The Morgan fingerprint density at radius 3 is 1.79 bits per heavy atom. The molecular formula is C61H88B2N8O14Si. The third-order valence-electron chi connectivity index (χ3n) is 16.4. The largest absolute Gasteiger partial charge is 0.493 e. The van der Waals surface area contributed by atoms with Gasteiger partial charge >= 0.3 is 14.5 Å². The van der Waals surface area contributed by atoms with Gasteiger partial charge in [-0.25, -0.2) is 4.68 Å². The number of carbonyl (C=O) groups excluding carboxylic acids is 3. The Morgan fingerprint density at radius 2 is 1.24 bits per heavy atom. The van der Waals surface area contributed by atoms with Gasteiger partial charge in [-0.1, -0.05) is 37.1 Å². The van der Waals surface area contributed by atoms with Crippen molar-refractivity contribution in [2.75, 3.05) is 103 Å². The summed E-state index contributed by atoms with van der Waals surface area (Å²) in [7, 11) is -1.82. The normalized spacial score (nSPS) is 18.5. The molecular weight excluding hydrogens is 1120 g/mol. The van der Waals surface area contributed by atoms with Crippen LogP contribution in [0.15, 0.2) is 72.2 Å². The average Bonchev–Trinajstić information content (AvgIpc) is 2.17. The number of carbonyl (C=O) groups is 3. The van der Waals surface area contributed by atoms with E-state index in [1.54, 1.807) is 33.4 Å². The molecule has 4 aliphatic heterocycles. The molecule has 2 amide bonds. The van der Waals surface area contributed by atoms with Gasteiger partial charge < -0.3 is 82.0 Å². The minimum atomic E-state index is -2.45. The summed E-state index contributed by atoms with van der Waals surface area (Å²) < 4.78 is 61.6. The Bertz CT molecular complexity index is 3030. The molecule has 4 aliphatic rings. The lowest BCUT2D eigenvalue weighted by atomic mass is 9.80. The first-order chi connectivity index (χ1) is 41.2. The van der Waals surface area contributed by atoms with Crippen molar-refractivity contribution in [2.45, 2.75) is 130 Å². The van der Waals surface area contributed by atoms with Gasteiger partial charge in [0.15, 0.2) is 19.8 Å². The molecule has 4 atom stereocenters. The molecule has 0 bridgehead atoms. The van der Waals surface area contributed by atoms with E-state index in [0.717, 1.165) is 39.6 Å². The van der Waals surface area contributed by atoms with Gasteiger partial charge in [-0.05, 0) is 113 Å². The van der Waals surface area contributed by atoms with Crippen molar-refractivity contribution in [2.24, 2.45) is 5.73 Å². The number of methoxy groups -OCH3 is 1. The second-order valence-electron chi connectivity index (χ2n) is 23.9. The van der Waals surface area contributed by atoms with Gasteiger partial charge in [0.1, 0.15) is 37.1 Å². The topological polar surface area (TPSA) is 233 Å². The van der Waals surface area contributed by atoms with Crippen LogP contribution < -0.4 is 29.6 Å². The lowest BCUT2D eigenvalue weighted by Gasteiger charge is -2.45. The van der Waals surface area contributed by atoms with Crippen molar-refractivity contribution in [3.05, 3.63) is 100 Å². The van der Waals surface area contributed by atoms with Crippen LogP contribution in [0.3, 0.4) is 0 Å². The van der Waals surface area contributed by atoms with Crippen molar-refractivity contribution in [3.8, 4) is 28.5 Å². The van der Waals surface area contributed by atoms with Gasteiger partial charge in [0.05, 0.1) is 122 Å². The maximum Gasteiger partial charge on any atom is 0.409 e. The van der Waals surface area contributed by atoms with Crippen molar-refractivity contribution in [3.63, 3.8) is 0 Å². The van der Waals surface area contributed by atoms with Crippen LogP contribution in [-0.2, 0) is 57.4 Å². The fourth-order valence-corrected chi connectivity index (χ4v) is 12.2. The number of nitrogens with zero attached hydrogens (tertiary/aromatic N) is 7. The predicted octanol–water partition coefficient (Wildman–Crippen LogP) is 6.74. The zero-order valence-corrected chi connectivity index (χ0v) is 53.1. The Hall–Kier alpha value is -6.12. The lowest BCUT2D eigenvalue weighted by molar-refractivity contribution is -0.0167. The van der Waals surface area contributed by atoms with Crippen molar-refractivity contribution < 1.29 is 66.5 Å². The second kappa shape index (κ2) is 30.2. The van der Waals surface area contributed by atoms with E-state index in [2.05, 4.69) is 44.2 Å². The average molecular weight is 1210 g/mol. The van der Waals surface area contributed by atoms with Gasteiger partial charge in [-0.3, -0.25) is 9.59 Å². The van der Waals surface area contributed by atoms with Crippen LogP contribution in [0.4, 0.5) is 11.4 Å².